The second kappa shape index (κ2) is 11.9. The molecule has 0 spiro atoms. The van der Waals surface area contributed by atoms with Crippen molar-refractivity contribution in [2.24, 2.45) is 9.98 Å². The van der Waals surface area contributed by atoms with Crippen LogP contribution in [0.4, 0.5) is 15.3 Å². The van der Waals surface area contributed by atoms with Crippen molar-refractivity contribution in [3.63, 3.8) is 0 Å². The fraction of sp³-hybridized carbons (Fsp3) is 0.474. The molecule has 0 radical (unpaired) electrons. The highest BCUT2D eigenvalue weighted by molar-refractivity contribution is 7.16. The van der Waals surface area contributed by atoms with Crippen LogP contribution in [0, 0.1) is 0 Å². The molecule has 246 valence electrons. The summed E-state index contributed by atoms with van der Waals surface area (Å²) >= 11 is 1.78. The average Bonchev–Trinajstić information content (AvgIpc) is 3.82. The van der Waals surface area contributed by atoms with Gasteiger partial charge in [-0.05, 0) is 119 Å². The summed E-state index contributed by atoms with van der Waals surface area (Å²) in [6.45, 7) is 12.9. The molecule has 7 rings (SSSR count). The number of fused-ring (bicyclic) bond motifs is 3. The van der Waals surface area contributed by atoms with Crippen molar-refractivity contribution < 1.29 is 19.1 Å². The van der Waals surface area contributed by atoms with Gasteiger partial charge in [0.05, 0.1) is 17.8 Å². The van der Waals surface area contributed by atoms with Crippen LogP contribution in [-0.4, -0.2) is 69.8 Å². The normalized spacial score (nSPS) is 21.2. The Labute approximate surface area is 281 Å². The van der Waals surface area contributed by atoms with E-state index >= 15 is 0 Å². The van der Waals surface area contributed by atoms with Gasteiger partial charge in [0.1, 0.15) is 11.2 Å². The first-order chi connectivity index (χ1) is 22.3. The fourth-order valence-electron chi connectivity index (χ4n) is 7.17. The van der Waals surface area contributed by atoms with Gasteiger partial charge in [-0.2, -0.15) is 0 Å². The molecular weight excluding hydrogens is 609 g/mol. The molecular formula is C38H44N4O4S. The molecule has 2 saturated heterocycles. The van der Waals surface area contributed by atoms with Crippen LogP contribution in [0.5, 0.6) is 0 Å². The second-order valence-corrected chi connectivity index (χ2v) is 16.1. The Kier molecular flexibility index (Phi) is 8.02. The van der Waals surface area contributed by atoms with Crippen LogP contribution in [-0.2, 0) is 15.9 Å². The Morgan fingerprint density at radius 3 is 2.09 bits per heavy atom. The zero-order valence-corrected chi connectivity index (χ0v) is 29.1. The van der Waals surface area contributed by atoms with E-state index in [1.54, 1.807) is 11.3 Å². The van der Waals surface area contributed by atoms with Gasteiger partial charge in [0.2, 0.25) is 0 Å². The number of hydrogen-bond donors (Lipinski definition) is 0. The lowest BCUT2D eigenvalue weighted by Gasteiger charge is -2.28. The van der Waals surface area contributed by atoms with Gasteiger partial charge in [0, 0.05) is 53.3 Å². The molecule has 9 heteroatoms. The van der Waals surface area contributed by atoms with Gasteiger partial charge in [-0.1, -0.05) is 18.2 Å². The lowest BCUT2D eigenvalue weighted by molar-refractivity contribution is 0.0254. The topological polar surface area (TPSA) is 83.8 Å². The smallest absolute Gasteiger partial charge is 0.410 e. The summed E-state index contributed by atoms with van der Waals surface area (Å²) in [5.41, 5.74) is 5.69. The van der Waals surface area contributed by atoms with E-state index in [0.29, 0.717) is 13.1 Å². The number of benzene rings is 2. The van der Waals surface area contributed by atoms with Crippen LogP contribution in [0.3, 0.4) is 0 Å². The zero-order valence-electron chi connectivity index (χ0n) is 28.3. The van der Waals surface area contributed by atoms with Crippen LogP contribution in [0.2, 0.25) is 0 Å². The number of nitrogens with zero attached hydrogens (tertiary/aromatic N) is 4. The molecule has 0 saturated carbocycles. The number of aliphatic imine (C=N–C) groups is 2. The van der Waals surface area contributed by atoms with Crippen molar-refractivity contribution in [3.05, 3.63) is 59.1 Å². The molecule has 0 N–H and O–H groups in total. The van der Waals surface area contributed by atoms with Crippen LogP contribution >= 0.6 is 11.3 Å². The summed E-state index contributed by atoms with van der Waals surface area (Å²) in [6, 6.07) is 15.4. The highest BCUT2D eigenvalue weighted by atomic mass is 32.1. The third kappa shape index (κ3) is 6.47. The summed E-state index contributed by atoms with van der Waals surface area (Å²) in [4.78, 5) is 41.8. The van der Waals surface area contributed by atoms with E-state index in [4.69, 9.17) is 19.5 Å². The summed E-state index contributed by atoms with van der Waals surface area (Å²) in [7, 11) is 0. The highest BCUT2D eigenvalue weighted by Crippen LogP contribution is 2.41. The van der Waals surface area contributed by atoms with E-state index in [9.17, 15) is 9.59 Å². The first-order valence-corrected chi connectivity index (χ1v) is 17.6. The van der Waals surface area contributed by atoms with Gasteiger partial charge in [0.15, 0.2) is 0 Å². The molecule has 47 heavy (non-hydrogen) atoms. The Bertz CT molecular complexity index is 1840. The number of carbonyl (C=O) groups is 2. The summed E-state index contributed by atoms with van der Waals surface area (Å²) in [6.07, 6.45) is 6.75. The third-order valence-corrected chi connectivity index (χ3v) is 10.4. The molecule has 2 fully saturated rings. The molecule has 2 amide bonds. The van der Waals surface area contributed by atoms with Crippen LogP contribution in [0.25, 0.3) is 26.8 Å². The van der Waals surface area contributed by atoms with Crippen molar-refractivity contribution in [2.75, 3.05) is 13.1 Å². The minimum absolute atomic E-state index is 0.00111. The van der Waals surface area contributed by atoms with Gasteiger partial charge >= 0.3 is 12.2 Å². The third-order valence-electron chi connectivity index (χ3n) is 9.22. The molecule has 2 aromatic carbocycles. The number of carbonyl (C=O) groups excluding carboxylic acids is 2. The largest absolute Gasteiger partial charge is 0.444 e. The molecule has 1 aromatic heterocycles. The van der Waals surface area contributed by atoms with Crippen molar-refractivity contribution in [1.82, 2.24) is 9.80 Å². The van der Waals surface area contributed by atoms with Gasteiger partial charge in [0.25, 0.3) is 0 Å². The van der Waals surface area contributed by atoms with Gasteiger partial charge in [-0.3, -0.25) is 19.8 Å². The summed E-state index contributed by atoms with van der Waals surface area (Å²) < 4.78 is 11.4. The monoisotopic (exact) mass is 652 g/mol. The molecule has 4 aliphatic rings. The number of thiophene rings is 1. The van der Waals surface area contributed by atoms with Crippen LogP contribution in [0.15, 0.2) is 58.6 Å². The molecule has 4 aliphatic heterocycles. The predicted octanol–water partition coefficient (Wildman–Crippen LogP) is 9.18. The van der Waals surface area contributed by atoms with Crippen molar-refractivity contribution in [3.8, 4) is 10.4 Å². The zero-order chi connectivity index (χ0) is 33.1. The van der Waals surface area contributed by atoms with E-state index in [0.717, 1.165) is 55.6 Å². The average molecular weight is 653 g/mol. The van der Waals surface area contributed by atoms with E-state index in [1.807, 2.05) is 57.5 Å². The van der Waals surface area contributed by atoms with Crippen molar-refractivity contribution in [2.45, 2.75) is 103 Å². The molecule has 8 nitrogen and oxygen atoms in total. The number of allylic oxidation sites excluding steroid dienone is 1. The van der Waals surface area contributed by atoms with E-state index in [1.165, 1.54) is 37.2 Å². The summed E-state index contributed by atoms with van der Waals surface area (Å²) in [5.74, 6) is 0. The van der Waals surface area contributed by atoms with Crippen molar-refractivity contribution in [1.29, 1.82) is 0 Å². The van der Waals surface area contributed by atoms with Crippen LogP contribution in [0.1, 0.15) is 84.1 Å². The molecule has 3 aromatic rings. The standard InChI is InChI=1S/C38H44N4O4S/c1-37(2,3)45-35(43)41-17-7-9-31(41)29-20-25(22-39-29)34-16-15-33(47-34)24-11-13-26-23(19-24)12-14-28-27(26)21-30(40-28)32-10-8-18-42(32)36(44)46-38(4,5)6/h11-16,19,22,31-32H,7-10,17-18,20-21H2,1-6H3/t31-,32-/m0/s1. The van der Waals surface area contributed by atoms with Gasteiger partial charge < -0.3 is 9.47 Å². The van der Waals surface area contributed by atoms with Gasteiger partial charge in [-0.15, -0.1) is 11.3 Å². The molecule has 0 unspecified atom stereocenters. The van der Waals surface area contributed by atoms with Crippen molar-refractivity contribution >= 4 is 57.0 Å². The van der Waals surface area contributed by atoms with Crippen LogP contribution < -0.4 is 0 Å². The first kappa shape index (κ1) is 31.6. The first-order valence-electron chi connectivity index (χ1n) is 16.8. The number of ether oxygens (including phenoxy) is 2. The van der Waals surface area contributed by atoms with E-state index in [-0.39, 0.29) is 24.3 Å². The fourth-order valence-corrected chi connectivity index (χ4v) is 8.18. The van der Waals surface area contributed by atoms with E-state index in [2.05, 4.69) is 42.5 Å². The molecule has 5 heterocycles. The molecule has 2 atom stereocenters. The maximum Gasteiger partial charge on any atom is 0.410 e. The lowest BCUT2D eigenvalue weighted by atomic mass is 9.96. The minimum Gasteiger partial charge on any atom is -0.444 e. The SMILES string of the molecule is CC(C)(C)OC(=O)N1CCC[C@H]1C1=NC=C(c2ccc(-c3ccc4c5c(ccc4c3)N=C([C@@H]3CCCN3C(=O)OC(C)(C)C)C5)s2)C1. The maximum atomic E-state index is 12.9. The minimum atomic E-state index is -0.521. The summed E-state index contributed by atoms with van der Waals surface area (Å²) in [5, 5.41) is 2.41. The quantitative estimate of drug-likeness (QED) is 0.281. The number of hydrogen-bond acceptors (Lipinski definition) is 7. The Morgan fingerprint density at radius 2 is 1.43 bits per heavy atom. The van der Waals surface area contributed by atoms with Gasteiger partial charge in [-0.25, -0.2) is 9.59 Å². The lowest BCUT2D eigenvalue weighted by Crippen LogP contribution is -2.43. The maximum absolute atomic E-state index is 12.9. The Balaban J connectivity index is 1.03. The highest BCUT2D eigenvalue weighted by Gasteiger charge is 2.38. The number of amides is 2. The number of likely N-dealkylation sites (tertiary alicyclic amines) is 2. The second-order valence-electron chi connectivity index (χ2n) is 15.1. The van der Waals surface area contributed by atoms with E-state index < -0.39 is 11.2 Å². The Hall–Kier alpha value is -3.98. The Morgan fingerprint density at radius 1 is 0.787 bits per heavy atom. The molecule has 0 bridgehead atoms. The predicted molar refractivity (Wildman–Crippen MR) is 190 cm³/mol. The molecule has 0 aliphatic carbocycles. The number of rotatable bonds is 4.